The van der Waals surface area contributed by atoms with Crippen LogP contribution in [-0.4, -0.2) is 60.0 Å². The minimum atomic E-state index is 0.0550. The van der Waals surface area contributed by atoms with Crippen molar-refractivity contribution in [2.24, 2.45) is 0 Å². The second-order valence-electron chi connectivity index (χ2n) is 7.02. The van der Waals surface area contributed by atoms with Gasteiger partial charge in [-0.1, -0.05) is 0 Å². The maximum atomic E-state index is 12.7. The molecular formula is C19H25N5O2. The van der Waals surface area contributed by atoms with Crippen LogP contribution in [0, 0.1) is 13.8 Å². The third kappa shape index (κ3) is 3.25. The average molecular weight is 355 g/mol. The normalized spacial score (nSPS) is 17.8. The molecule has 0 spiro atoms. The largest absolute Gasteiger partial charge is 0.466 e. The van der Waals surface area contributed by atoms with Gasteiger partial charge >= 0.3 is 0 Å². The zero-order valence-electron chi connectivity index (χ0n) is 15.4. The Morgan fingerprint density at radius 1 is 1.04 bits per heavy atom. The molecule has 4 rings (SSSR count). The Bertz CT molecular complexity index is 789. The molecule has 2 aliphatic rings. The summed E-state index contributed by atoms with van der Waals surface area (Å²) in [6, 6.07) is 3.79. The third-order valence-electron chi connectivity index (χ3n) is 5.18. The Balaban J connectivity index is 1.41. The van der Waals surface area contributed by atoms with Crippen molar-refractivity contribution >= 4 is 17.7 Å². The summed E-state index contributed by atoms with van der Waals surface area (Å²) in [5.74, 6) is 3.30. The topological polar surface area (TPSA) is 65.7 Å². The lowest BCUT2D eigenvalue weighted by atomic mass is 10.2. The van der Waals surface area contributed by atoms with Crippen LogP contribution in [0.15, 0.2) is 22.7 Å². The Labute approximate surface area is 153 Å². The van der Waals surface area contributed by atoms with Crippen LogP contribution >= 0.6 is 0 Å². The number of anilines is 2. The summed E-state index contributed by atoms with van der Waals surface area (Å²) in [4.78, 5) is 28.3. The molecule has 138 valence electrons. The molecule has 7 heteroatoms. The first-order valence-electron chi connectivity index (χ1n) is 9.31. The SMILES string of the molecule is Cc1cc(C(=O)N2CCN(c3ccnc(N4CCCC4)n3)CC2)c(C)o1. The van der Waals surface area contributed by atoms with Gasteiger partial charge in [0, 0.05) is 45.5 Å². The predicted octanol–water partition coefficient (Wildman–Crippen LogP) is 2.25. The van der Waals surface area contributed by atoms with E-state index in [2.05, 4.69) is 14.8 Å². The van der Waals surface area contributed by atoms with E-state index < -0.39 is 0 Å². The molecule has 2 fully saturated rings. The monoisotopic (exact) mass is 355 g/mol. The molecule has 1 amide bonds. The fourth-order valence-electron chi connectivity index (χ4n) is 3.74. The highest BCUT2D eigenvalue weighted by Crippen LogP contribution is 2.21. The quantitative estimate of drug-likeness (QED) is 0.841. The molecular weight excluding hydrogens is 330 g/mol. The van der Waals surface area contributed by atoms with Crippen molar-refractivity contribution in [3.05, 3.63) is 35.4 Å². The first-order chi connectivity index (χ1) is 12.6. The lowest BCUT2D eigenvalue weighted by molar-refractivity contribution is 0.0744. The Morgan fingerprint density at radius 2 is 1.77 bits per heavy atom. The van der Waals surface area contributed by atoms with Crippen LogP contribution in [0.4, 0.5) is 11.8 Å². The minimum Gasteiger partial charge on any atom is -0.466 e. The van der Waals surface area contributed by atoms with E-state index >= 15 is 0 Å². The zero-order valence-corrected chi connectivity index (χ0v) is 15.4. The highest BCUT2D eigenvalue weighted by Gasteiger charge is 2.26. The van der Waals surface area contributed by atoms with Crippen LogP contribution in [0.5, 0.6) is 0 Å². The van der Waals surface area contributed by atoms with Crippen molar-refractivity contribution in [2.45, 2.75) is 26.7 Å². The summed E-state index contributed by atoms with van der Waals surface area (Å²) < 4.78 is 5.50. The number of amides is 1. The van der Waals surface area contributed by atoms with Crippen molar-refractivity contribution in [3.63, 3.8) is 0 Å². The summed E-state index contributed by atoms with van der Waals surface area (Å²) in [7, 11) is 0. The first-order valence-corrected chi connectivity index (χ1v) is 9.31. The first kappa shape index (κ1) is 16.9. The van der Waals surface area contributed by atoms with E-state index in [9.17, 15) is 4.79 Å². The number of furan rings is 1. The van der Waals surface area contributed by atoms with E-state index in [0.717, 1.165) is 43.7 Å². The van der Waals surface area contributed by atoms with E-state index in [4.69, 9.17) is 9.40 Å². The van der Waals surface area contributed by atoms with E-state index in [-0.39, 0.29) is 5.91 Å². The lowest BCUT2D eigenvalue weighted by Gasteiger charge is -2.35. The maximum absolute atomic E-state index is 12.7. The summed E-state index contributed by atoms with van der Waals surface area (Å²) in [6.07, 6.45) is 4.26. The zero-order chi connectivity index (χ0) is 18.1. The fraction of sp³-hybridized carbons (Fsp3) is 0.526. The number of rotatable bonds is 3. The summed E-state index contributed by atoms with van der Waals surface area (Å²) >= 11 is 0. The predicted molar refractivity (Wildman–Crippen MR) is 99.8 cm³/mol. The van der Waals surface area contributed by atoms with Gasteiger partial charge < -0.3 is 19.1 Å². The molecule has 0 N–H and O–H groups in total. The van der Waals surface area contributed by atoms with Gasteiger partial charge in [-0.25, -0.2) is 4.98 Å². The highest BCUT2D eigenvalue weighted by atomic mass is 16.3. The number of piperazine rings is 1. The van der Waals surface area contributed by atoms with Crippen LogP contribution in [0.25, 0.3) is 0 Å². The van der Waals surface area contributed by atoms with Gasteiger partial charge in [-0.2, -0.15) is 4.98 Å². The molecule has 0 bridgehead atoms. The van der Waals surface area contributed by atoms with Gasteiger partial charge in [0.25, 0.3) is 5.91 Å². The van der Waals surface area contributed by atoms with Gasteiger partial charge in [0.05, 0.1) is 5.56 Å². The van der Waals surface area contributed by atoms with Gasteiger partial charge in [0.2, 0.25) is 5.95 Å². The van der Waals surface area contributed by atoms with Gasteiger partial charge in [0.15, 0.2) is 0 Å². The second kappa shape index (κ2) is 6.97. The molecule has 0 saturated carbocycles. The molecule has 4 heterocycles. The van der Waals surface area contributed by atoms with Crippen molar-refractivity contribution in [2.75, 3.05) is 49.1 Å². The van der Waals surface area contributed by atoms with Crippen molar-refractivity contribution < 1.29 is 9.21 Å². The van der Waals surface area contributed by atoms with E-state index in [0.29, 0.717) is 24.4 Å². The summed E-state index contributed by atoms with van der Waals surface area (Å²) in [6.45, 7) is 8.71. The van der Waals surface area contributed by atoms with E-state index in [1.165, 1.54) is 12.8 Å². The smallest absolute Gasteiger partial charge is 0.257 e. The standard InChI is InChI=1S/C19H25N5O2/c1-14-13-16(15(2)26-14)18(25)23-11-9-22(10-12-23)17-5-6-20-19(21-17)24-7-3-4-8-24/h5-6,13H,3-4,7-12H2,1-2H3. The van der Waals surface area contributed by atoms with Crippen LogP contribution < -0.4 is 9.80 Å². The Morgan fingerprint density at radius 3 is 2.42 bits per heavy atom. The summed E-state index contributed by atoms with van der Waals surface area (Å²) in [5, 5.41) is 0. The highest BCUT2D eigenvalue weighted by molar-refractivity contribution is 5.95. The second-order valence-corrected chi connectivity index (χ2v) is 7.02. The molecule has 2 aliphatic heterocycles. The van der Waals surface area contributed by atoms with Gasteiger partial charge in [-0.15, -0.1) is 0 Å². The molecule has 0 aromatic carbocycles. The third-order valence-corrected chi connectivity index (χ3v) is 5.18. The van der Waals surface area contributed by atoms with Gasteiger partial charge in [0.1, 0.15) is 17.3 Å². The van der Waals surface area contributed by atoms with E-state index in [1.54, 1.807) is 0 Å². The van der Waals surface area contributed by atoms with Gasteiger partial charge in [-0.3, -0.25) is 4.79 Å². The number of nitrogens with zero attached hydrogens (tertiary/aromatic N) is 5. The van der Waals surface area contributed by atoms with Crippen LogP contribution in [0.1, 0.15) is 34.7 Å². The van der Waals surface area contributed by atoms with E-state index in [1.807, 2.05) is 37.1 Å². The minimum absolute atomic E-state index is 0.0550. The number of hydrogen-bond donors (Lipinski definition) is 0. The van der Waals surface area contributed by atoms with Crippen LogP contribution in [0.2, 0.25) is 0 Å². The number of hydrogen-bond acceptors (Lipinski definition) is 6. The Kier molecular flexibility index (Phi) is 4.53. The number of carbonyl (C=O) groups is 1. The van der Waals surface area contributed by atoms with Crippen molar-refractivity contribution in [3.8, 4) is 0 Å². The lowest BCUT2D eigenvalue weighted by Crippen LogP contribution is -2.49. The molecule has 0 radical (unpaired) electrons. The molecule has 0 atom stereocenters. The molecule has 7 nitrogen and oxygen atoms in total. The average Bonchev–Trinajstić information content (AvgIpc) is 3.31. The van der Waals surface area contributed by atoms with Crippen LogP contribution in [0.3, 0.4) is 0 Å². The number of aryl methyl sites for hydroxylation is 2. The molecule has 2 aromatic heterocycles. The molecule has 26 heavy (non-hydrogen) atoms. The molecule has 2 aromatic rings. The molecule has 0 aliphatic carbocycles. The maximum Gasteiger partial charge on any atom is 0.257 e. The van der Waals surface area contributed by atoms with Crippen LogP contribution in [-0.2, 0) is 0 Å². The number of carbonyl (C=O) groups excluding carboxylic acids is 1. The van der Waals surface area contributed by atoms with Crippen molar-refractivity contribution in [1.29, 1.82) is 0 Å². The summed E-state index contributed by atoms with van der Waals surface area (Å²) in [5.41, 5.74) is 0.675. The molecule has 2 saturated heterocycles. The number of aromatic nitrogens is 2. The molecule has 0 unspecified atom stereocenters. The fourth-order valence-corrected chi connectivity index (χ4v) is 3.74. The van der Waals surface area contributed by atoms with Crippen molar-refractivity contribution in [1.82, 2.24) is 14.9 Å². The van der Waals surface area contributed by atoms with Gasteiger partial charge in [-0.05, 0) is 38.8 Å². The Hall–Kier alpha value is -2.57.